The number of aromatic hydroxyl groups is 6. The number of carbonyl (C=O) groups is 6. The van der Waals surface area contributed by atoms with Gasteiger partial charge < -0.3 is 59.5 Å². The summed E-state index contributed by atoms with van der Waals surface area (Å²) in [5.41, 5.74) is 2.56. The number of nitrogens with zero attached hydrogens (tertiary/aromatic N) is 15. The summed E-state index contributed by atoms with van der Waals surface area (Å²) in [5.74, 6) is -1.24. The topological polar surface area (TPSA) is 471 Å². The average molecular weight is 1960 g/mol. The van der Waals surface area contributed by atoms with Gasteiger partial charge in [0.15, 0.2) is 103 Å². The molecule has 0 bridgehead atoms. The third-order valence-corrected chi connectivity index (χ3v) is 25.0. The molecule has 15 rings (SSSR count). The summed E-state index contributed by atoms with van der Waals surface area (Å²) in [7, 11) is 4.81. The fourth-order valence-corrected chi connectivity index (χ4v) is 16.9. The second-order valence-corrected chi connectivity index (χ2v) is 38.2. The lowest BCUT2D eigenvalue weighted by molar-refractivity contribution is 0.0996. The molecule has 0 amide bonds. The Hall–Kier alpha value is -15.8. The predicted octanol–water partition coefficient (Wildman–Crippen LogP) is 14.1. The van der Waals surface area contributed by atoms with Crippen molar-refractivity contribution >= 4 is 51.8 Å². The molecule has 9 heterocycles. The minimum Gasteiger partial charge on any atom is -0.503 e. The van der Waals surface area contributed by atoms with Gasteiger partial charge in [-0.2, -0.15) is 30.6 Å². The Bertz CT molecular complexity index is 6970. The highest BCUT2D eigenvalue weighted by Gasteiger charge is 2.33. The number of anilines is 3. The standard InChI is InChI=1S/C21H27N3O3.C20H25N3O3.C19H23N3O3.C17H20N2O4.2C15H16N2O4/c1-14(25)19-20(27)18(26)13-24(22-19)17-8-6-5-7-16(17)23-11-9-15(10-12-23)21(2,3)4;1-13(2)15-8-10-22(11-9-15)16-6-4-5-7-17(16)23-12-18(25)20(26)19(21-23)14(3)24;1-13(23)17-18(25)16(24)11-22(20-17)15-8-5-4-7-14(15)21-10-6-9-19(2,3)12-21;1-11(20)15-16(22)14(21)9-19(18-15)10-17(2,3)12-5-7-13(23-4)8-6-12;1-10(18)14-15(20)13(19)9-17(16-14)8-7-11-3-5-12(21-2)6-4-11;1-10(18)14-15(20)13(19)9-17(16-14)7-6-11-4-3-5-12(8-11)21-2/h5-8,13,15,26H,9-12H2,1-4H3;4-7,12-13,15,25H,8-11H2,1-3H3;4-5,7-8,11,24H,6,9-10,12H2,1-3H3;5-9,21H,10H2,1-4H3;3-6,9,19H,7-8H2,1-2H3;3-5,8-9,19H,6-7H2,1-2H3. The molecular weight excluding hydrogens is 1830 g/mol. The summed E-state index contributed by atoms with van der Waals surface area (Å²) in [6, 6.07) is 45.9. The number of ketones is 6. The van der Waals surface area contributed by atoms with Gasteiger partial charge in [0.2, 0.25) is 0 Å². The molecule has 0 radical (unpaired) electrons. The van der Waals surface area contributed by atoms with Crippen molar-refractivity contribution in [2.45, 2.75) is 180 Å². The van der Waals surface area contributed by atoms with Gasteiger partial charge in [0.1, 0.15) is 17.2 Å². The van der Waals surface area contributed by atoms with Gasteiger partial charge in [-0.15, -0.1) is 0 Å². The second-order valence-electron chi connectivity index (χ2n) is 38.2. The Morgan fingerprint density at radius 1 is 0.378 bits per heavy atom. The molecule has 143 heavy (non-hydrogen) atoms. The molecule has 3 aliphatic rings. The monoisotopic (exact) mass is 1960 g/mol. The molecule has 0 atom stereocenters. The number of hydrogen-bond acceptors (Lipinski definition) is 30. The number of rotatable bonds is 25. The van der Waals surface area contributed by atoms with Gasteiger partial charge in [0.05, 0.1) is 99.2 Å². The van der Waals surface area contributed by atoms with Crippen LogP contribution in [0.15, 0.2) is 212 Å². The molecule has 0 spiro atoms. The zero-order valence-corrected chi connectivity index (χ0v) is 84.1. The summed E-state index contributed by atoms with van der Waals surface area (Å²) < 4.78 is 23.9. The van der Waals surface area contributed by atoms with E-state index in [1.54, 1.807) is 21.3 Å². The molecule has 6 aromatic carbocycles. The van der Waals surface area contributed by atoms with Crippen LogP contribution in [0.4, 0.5) is 17.1 Å². The van der Waals surface area contributed by atoms with Crippen LogP contribution < -0.4 is 61.5 Å². The summed E-state index contributed by atoms with van der Waals surface area (Å²) in [5, 5.41) is 83.2. The first kappa shape index (κ1) is 109. The van der Waals surface area contributed by atoms with Crippen molar-refractivity contribution in [1.29, 1.82) is 0 Å². The van der Waals surface area contributed by atoms with Crippen molar-refractivity contribution in [1.82, 2.24) is 58.7 Å². The number of ether oxygens (including phenoxy) is 3. The number of aryl methyl sites for hydroxylation is 4. The average Bonchev–Trinajstić information content (AvgIpc) is 0.789. The van der Waals surface area contributed by atoms with Crippen LogP contribution in [0.3, 0.4) is 0 Å². The van der Waals surface area contributed by atoms with Crippen molar-refractivity contribution in [2.24, 2.45) is 28.6 Å². The van der Waals surface area contributed by atoms with E-state index < -0.39 is 102 Å². The van der Waals surface area contributed by atoms with Crippen LogP contribution in [0.1, 0.15) is 222 Å². The predicted molar refractivity (Wildman–Crippen MR) is 544 cm³/mol. The SMILES string of the molecule is CC(=O)c1nn(-c2ccccc2N2CCC(C(C)(C)C)CC2)cc(O)c1=O.CC(=O)c1nn(-c2ccccc2N2CCC(C(C)C)CC2)cc(O)c1=O.CC(=O)c1nn(-c2ccccc2N2CCCC(C)(C)C2)cc(O)c1=O.COc1ccc(C(C)(C)Cn2cc(O)c(=O)c(C(C)=O)n2)cc1.COc1ccc(CCn2cc(O)c(=O)c(C(C)=O)n2)cc1.COc1cccc(CCn2cc(O)c(=O)c(C(C)=O)n2)c1. The molecule has 0 unspecified atom stereocenters. The number of Topliss-reactive ketones (excluding diaryl/α,β-unsaturated/α-hetero) is 6. The lowest BCUT2D eigenvalue weighted by Crippen LogP contribution is -2.40. The van der Waals surface area contributed by atoms with E-state index in [0.29, 0.717) is 49.7 Å². The first-order valence-electron chi connectivity index (χ1n) is 47.0. The number of benzene rings is 6. The van der Waals surface area contributed by atoms with Crippen LogP contribution in [-0.4, -0.2) is 185 Å². The highest BCUT2D eigenvalue weighted by molar-refractivity contribution is 5.95. The highest BCUT2D eigenvalue weighted by Crippen LogP contribution is 2.39. The summed E-state index contributed by atoms with van der Waals surface area (Å²) in [4.78, 5) is 147. The molecular formula is C107H127N15O21. The van der Waals surface area contributed by atoms with Crippen LogP contribution in [0.2, 0.25) is 0 Å². The summed E-state index contributed by atoms with van der Waals surface area (Å²) in [6.45, 7) is 34.4. The van der Waals surface area contributed by atoms with Gasteiger partial charge in [0.25, 0.3) is 32.6 Å². The first-order chi connectivity index (χ1) is 67.6. The van der Waals surface area contributed by atoms with Gasteiger partial charge in [0, 0.05) is 99.3 Å². The largest absolute Gasteiger partial charge is 0.503 e. The molecule has 12 aromatic rings. The molecule has 0 saturated carbocycles. The zero-order valence-electron chi connectivity index (χ0n) is 84.1. The Balaban J connectivity index is 0.000000177. The lowest BCUT2D eigenvalue weighted by Gasteiger charge is -2.40. The quantitative estimate of drug-likeness (QED) is 0.0289. The van der Waals surface area contributed by atoms with E-state index in [9.17, 15) is 88.2 Å². The van der Waals surface area contributed by atoms with Gasteiger partial charge >= 0.3 is 0 Å². The number of aromatic nitrogens is 12. The molecule has 6 N–H and O–H groups in total. The maximum atomic E-state index is 12.0. The van der Waals surface area contributed by atoms with Gasteiger partial charge in [-0.1, -0.05) is 135 Å². The minimum atomic E-state index is -0.740. The van der Waals surface area contributed by atoms with Crippen LogP contribution in [0.25, 0.3) is 17.1 Å². The summed E-state index contributed by atoms with van der Waals surface area (Å²) in [6.07, 6.45) is 15.6. The first-order valence-corrected chi connectivity index (χ1v) is 47.0. The zero-order chi connectivity index (χ0) is 105. The fraction of sp³-hybridized carbons (Fsp3) is 0.383. The van der Waals surface area contributed by atoms with Crippen molar-refractivity contribution in [3.8, 4) is 68.8 Å². The van der Waals surface area contributed by atoms with E-state index in [-0.39, 0.29) is 45.0 Å². The summed E-state index contributed by atoms with van der Waals surface area (Å²) >= 11 is 0. The van der Waals surface area contributed by atoms with Crippen molar-refractivity contribution < 1.29 is 73.6 Å². The number of hydrogen-bond donors (Lipinski definition) is 6. The maximum absolute atomic E-state index is 12.0. The third kappa shape index (κ3) is 28.8. The van der Waals surface area contributed by atoms with Gasteiger partial charge in [-0.25, -0.2) is 14.0 Å². The smallest absolute Gasteiger partial charge is 0.252 e. The van der Waals surface area contributed by atoms with E-state index in [2.05, 4.69) is 93.8 Å². The molecule has 6 aromatic heterocycles. The minimum absolute atomic E-state index is 0.217. The van der Waals surface area contributed by atoms with E-state index >= 15 is 0 Å². The molecule has 3 aliphatic heterocycles. The normalized spacial score (nSPS) is 13.6. The lowest BCUT2D eigenvalue weighted by atomic mass is 9.75. The Labute approximate surface area is 827 Å². The Kier molecular flexibility index (Phi) is 37.0. The maximum Gasteiger partial charge on any atom is 0.252 e. The second kappa shape index (κ2) is 48.4. The van der Waals surface area contributed by atoms with Crippen molar-refractivity contribution in [3.05, 3.63) is 295 Å². The third-order valence-electron chi connectivity index (χ3n) is 25.0. The van der Waals surface area contributed by atoms with E-state index in [1.807, 2.05) is 159 Å². The Morgan fingerprint density at radius 2 is 0.699 bits per heavy atom. The van der Waals surface area contributed by atoms with Crippen LogP contribution in [0, 0.1) is 28.6 Å². The molecule has 36 nitrogen and oxygen atoms in total. The van der Waals surface area contributed by atoms with Crippen molar-refractivity contribution in [2.75, 3.05) is 75.3 Å². The van der Waals surface area contributed by atoms with Gasteiger partial charge in [-0.05, 0) is 169 Å². The van der Waals surface area contributed by atoms with Gasteiger partial charge in [-0.3, -0.25) is 71.6 Å². The molecule has 3 saturated heterocycles. The van der Waals surface area contributed by atoms with E-state index in [1.165, 1.54) is 113 Å². The number of piperidine rings is 3. The molecule has 36 heteroatoms. The van der Waals surface area contributed by atoms with Crippen LogP contribution >= 0.6 is 0 Å². The molecule has 0 aliphatic carbocycles. The number of carbonyl (C=O) groups excluding carboxylic acids is 6. The number of para-hydroxylation sites is 6. The van der Waals surface area contributed by atoms with Crippen molar-refractivity contribution in [3.63, 3.8) is 0 Å². The number of methoxy groups -OCH3 is 3. The van der Waals surface area contributed by atoms with Crippen LogP contribution in [0.5, 0.6) is 51.7 Å². The Morgan fingerprint density at radius 3 is 1.05 bits per heavy atom. The highest BCUT2D eigenvalue weighted by atomic mass is 16.5. The molecule has 756 valence electrons. The van der Waals surface area contributed by atoms with E-state index in [0.717, 1.165) is 145 Å². The fourth-order valence-electron chi connectivity index (χ4n) is 16.9. The van der Waals surface area contributed by atoms with Crippen LogP contribution in [-0.2, 0) is 37.9 Å². The van der Waals surface area contributed by atoms with E-state index in [4.69, 9.17) is 14.2 Å². The molecule has 3 fully saturated rings.